The Bertz CT molecular complexity index is 743. The summed E-state index contributed by atoms with van der Waals surface area (Å²) < 4.78 is 0. The third kappa shape index (κ3) is 4.11. The Morgan fingerprint density at radius 3 is 2.75 bits per heavy atom. The second-order valence-electron chi connectivity index (χ2n) is 5.41. The molecule has 0 saturated carbocycles. The number of halogens is 1. The summed E-state index contributed by atoms with van der Waals surface area (Å²) in [6.07, 6.45) is 6.18. The normalized spacial score (nSPS) is 13.8. The molecule has 1 aliphatic heterocycles. The van der Waals surface area contributed by atoms with E-state index in [2.05, 4.69) is 15.3 Å². The van der Waals surface area contributed by atoms with Crippen molar-refractivity contribution in [1.82, 2.24) is 14.9 Å². The minimum Gasteiger partial charge on any atom is -0.320 e. The van der Waals surface area contributed by atoms with Crippen LogP contribution in [0.25, 0.3) is 5.57 Å². The summed E-state index contributed by atoms with van der Waals surface area (Å²) in [5.74, 6) is 0.558. The van der Waals surface area contributed by atoms with E-state index in [1.165, 1.54) is 0 Å². The standard InChI is InChI=1S/C17H17ClN4O.CH4/c1-12-4-5-15(20-11-12)21-17(23)22-9-6-13(7-10-22)16-14(18)3-2-8-19-16;/h2-6,8,11H,7,9-10H2,1H3,(H,20,21,23);1H4. The molecular weight excluding hydrogens is 324 g/mol. The Kier molecular flexibility index (Phi) is 5.93. The van der Waals surface area contributed by atoms with Gasteiger partial charge in [-0.1, -0.05) is 31.2 Å². The van der Waals surface area contributed by atoms with Crippen LogP contribution in [0.15, 0.2) is 42.7 Å². The fraction of sp³-hybridized carbons (Fsp3) is 0.278. The molecule has 1 N–H and O–H groups in total. The van der Waals surface area contributed by atoms with Gasteiger partial charge < -0.3 is 4.90 Å². The summed E-state index contributed by atoms with van der Waals surface area (Å²) in [6, 6.07) is 7.20. The highest BCUT2D eigenvalue weighted by Crippen LogP contribution is 2.26. The van der Waals surface area contributed by atoms with Crippen LogP contribution in [-0.2, 0) is 0 Å². The van der Waals surface area contributed by atoms with Crippen molar-refractivity contribution in [2.24, 2.45) is 0 Å². The molecule has 0 radical (unpaired) electrons. The average Bonchev–Trinajstić information content (AvgIpc) is 2.57. The molecule has 0 bridgehead atoms. The highest BCUT2D eigenvalue weighted by atomic mass is 35.5. The summed E-state index contributed by atoms with van der Waals surface area (Å²) in [4.78, 5) is 22.5. The number of rotatable bonds is 2. The summed E-state index contributed by atoms with van der Waals surface area (Å²) in [7, 11) is 0. The third-order valence-corrected chi connectivity index (χ3v) is 4.01. The van der Waals surface area contributed by atoms with Crippen molar-refractivity contribution in [1.29, 1.82) is 0 Å². The predicted molar refractivity (Wildman–Crippen MR) is 98.1 cm³/mol. The number of nitrogens with one attached hydrogen (secondary N) is 1. The van der Waals surface area contributed by atoms with E-state index in [1.807, 2.05) is 31.2 Å². The van der Waals surface area contributed by atoms with Gasteiger partial charge in [0.1, 0.15) is 5.82 Å². The first kappa shape index (κ1) is 17.9. The van der Waals surface area contributed by atoms with Crippen LogP contribution in [0.2, 0.25) is 5.02 Å². The van der Waals surface area contributed by atoms with Gasteiger partial charge in [0.05, 0.1) is 10.7 Å². The lowest BCUT2D eigenvalue weighted by atomic mass is 10.0. The van der Waals surface area contributed by atoms with Gasteiger partial charge in [-0.15, -0.1) is 0 Å². The average molecular weight is 345 g/mol. The predicted octanol–water partition coefficient (Wildman–Crippen LogP) is 4.40. The first-order valence-corrected chi connectivity index (χ1v) is 7.80. The maximum atomic E-state index is 12.3. The van der Waals surface area contributed by atoms with Crippen molar-refractivity contribution in [3.8, 4) is 0 Å². The van der Waals surface area contributed by atoms with Crippen molar-refractivity contribution >= 4 is 29.0 Å². The molecular formula is C18H21ClN4O. The second-order valence-corrected chi connectivity index (χ2v) is 5.82. The molecule has 0 saturated heterocycles. The molecule has 0 fully saturated rings. The van der Waals surface area contributed by atoms with Gasteiger partial charge in [-0.25, -0.2) is 9.78 Å². The molecule has 3 heterocycles. The molecule has 126 valence electrons. The van der Waals surface area contributed by atoms with Crippen LogP contribution >= 0.6 is 11.6 Å². The molecule has 2 amide bonds. The van der Waals surface area contributed by atoms with E-state index >= 15 is 0 Å². The van der Waals surface area contributed by atoms with E-state index in [0.717, 1.165) is 23.3 Å². The van der Waals surface area contributed by atoms with Gasteiger partial charge in [-0.3, -0.25) is 10.3 Å². The molecule has 0 aromatic carbocycles. The van der Waals surface area contributed by atoms with Crippen LogP contribution in [0.3, 0.4) is 0 Å². The van der Waals surface area contributed by atoms with Gasteiger partial charge in [-0.2, -0.15) is 0 Å². The number of anilines is 1. The van der Waals surface area contributed by atoms with E-state index in [-0.39, 0.29) is 13.5 Å². The number of nitrogens with zero attached hydrogens (tertiary/aromatic N) is 3. The van der Waals surface area contributed by atoms with Crippen LogP contribution in [0, 0.1) is 6.92 Å². The molecule has 0 aliphatic carbocycles. The van der Waals surface area contributed by atoms with E-state index < -0.39 is 0 Å². The number of carbonyl (C=O) groups excluding carboxylic acids is 1. The van der Waals surface area contributed by atoms with E-state index in [1.54, 1.807) is 23.4 Å². The monoisotopic (exact) mass is 344 g/mol. The van der Waals surface area contributed by atoms with E-state index in [0.29, 0.717) is 23.9 Å². The third-order valence-electron chi connectivity index (χ3n) is 3.71. The molecule has 24 heavy (non-hydrogen) atoms. The lowest BCUT2D eigenvalue weighted by Crippen LogP contribution is -2.38. The zero-order valence-electron chi connectivity index (χ0n) is 12.8. The largest absolute Gasteiger partial charge is 0.323 e. The quantitative estimate of drug-likeness (QED) is 0.878. The van der Waals surface area contributed by atoms with Crippen LogP contribution < -0.4 is 5.32 Å². The fourth-order valence-electron chi connectivity index (χ4n) is 2.42. The zero-order chi connectivity index (χ0) is 16.2. The number of hydrogen-bond acceptors (Lipinski definition) is 3. The van der Waals surface area contributed by atoms with Crippen LogP contribution in [-0.4, -0.2) is 34.0 Å². The number of hydrogen-bond donors (Lipinski definition) is 1. The SMILES string of the molecule is C.Cc1ccc(NC(=O)N2CC=C(c3ncccc3Cl)CC2)nc1. The molecule has 0 spiro atoms. The van der Waals surface area contributed by atoms with Gasteiger partial charge >= 0.3 is 6.03 Å². The van der Waals surface area contributed by atoms with Gasteiger partial charge in [0, 0.05) is 25.5 Å². The minimum absolute atomic E-state index is 0. The summed E-state index contributed by atoms with van der Waals surface area (Å²) >= 11 is 6.17. The minimum atomic E-state index is -0.149. The number of amides is 2. The van der Waals surface area contributed by atoms with E-state index in [9.17, 15) is 4.79 Å². The smallest absolute Gasteiger partial charge is 0.320 e. The molecule has 2 aromatic rings. The highest BCUT2D eigenvalue weighted by molar-refractivity contribution is 6.32. The van der Waals surface area contributed by atoms with Gasteiger partial charge in [0.15, 0.2) is 0 Å². The highest BCUT2D eigenvalue weighted by Gasteiger charge is 2.19. The zero-order valence-corrected chi connectivity index (χ0v) is 13.5. The van der Waals surface area contributed by atoms with Gasteiger partial charge in [0.2, 0.25) is 0 Å². The lowest BCUT2D eigenvalue weighted by Gasteiger charge is -2.26. The Balaban J connectivity index is 0.00000208. The summed E-state index contributed by atoms with van der Waals surface area (Å²) in [5.41, 5.74) is 2.93. The first-order valence-electron chi connectivity index (χ1n) is 7.42. The molecule has 2 aromatic heterocycles. The van der Waals surface area contributed by atoms with Crippen molar-refractivity contribution in [2.45, 2.75) is 20.8 Å². The van der Waals surface area contributed by atoms with Gasteiger partial charge in [0.25, 0.3) is 0 Å². The maximum absolute atomic E-state index is 12.3. The van der Waals surface area contributed by atoms with Crippen molar-refractivity contribution in [3.05, 3.63) is 59.0 Å². The van der Waals surface area contributed by atoms with Gasteiger partial charge in [-0.05, 0) is 42.7 Å². The first-order chi connectivity index (χ1) is 11.1. The Morgan fingerprint density at radius 1 is 1.29 bits per heavy atom. The topological polar surface area (TPSA) is 58.1 Å². The number of aromatic nitrogens is 2. The molecule has 1 aliphatic rings. The molecule has 6 heteroatoms. The van der Waals surface area contributed by atoms with Crippen molar-refractivity contribution in [3.63, 3.8) is 0 Å². The number of urea groups is 1. The molecule has 0 unspecified atom stereocenters. The van der Waals surface area contributed by atoms with Crippen LogP contribution in [0.4, 0.5) is 10.6 Å². The number of carbonyl (C=O) groups is 1. The lowest BCUT2D eigenvalue weighted by molar-refractivity contribution is 0.217. The maximum Gasteiger partial charge on any atom is 0.323 e. The van der Waals surface area contributed by atoms with Crippen LogP contribution in [0.5, 0.6) is 0 Å². The number of aryl methyl sites for hydroxylation is 1. The molecule has 3 rings (SSSR count). The Labute approximate surface area is 147 Å². The molecule has 5 nitrogen and oxygen atoms in total. The Morgan fingerprint density at radius 2 is 2.12 bits per heavy atom. The summed E-state index contributed by atoms with van der Waals surface area (Å²) in [5, 5.41) is 3.45. The number of pyridine rings is 2. The summed E-state index contributed by atoms with van der Waals surface area (Å²) in [6.45, 7) is 3.11. The Hall–Kier alpha value is -2.40. The molecule has 0 atom stereocenters. The van der Waals surface area contributed by atoms with Crippen molar-refractivity contribution in [2.75, 3.05) is 18.4 Å². The van der Waals surface area contributed by atoms with Crippen LogP contribution in [0.1, 0.15) is 25.1 Å². The van der Waals surface area contributed by atoms with E-state index in [4.69, 9.17) is 11.6 Å². The second kappa shape index (κ2) is 7.93. The fourth-order valence-corrected chi connectivity index (χ4v) is 2.66. The van der Waals surface area contributed by atoms with Crippen molar-refractivity contribution < 1.29 is 4.79 Å².